The molecule has 0 spiro atoms. The minimum absolute atomic E-state index is 0.169. The van der Waals surface area contributed by atoms with Gasteiger partial charge in [0.15, 0.2) is 0 Å². The van der Waals surface area contributed by atoms with Gasteiger partial charge in [-0.25, -0.2) is 0 Å². The number of rotatable bonds is 6. The lowest BCUT2D eigenvalue weighted by atomic mass is 9.87. The van der Waals surface area contributed by atoms with Crippen LogP contribution in [0.3, 0.4) is 0 Å². The van der Waals surface area contributed by atoms with Crippen molar-refractivity contribution in [3.8, 4) is 5.75 Å². The van der Waals surface area contributed by atoms with E-state index >= 15 is 0 Å². The number of methoxy groups -OCH3 is 1. The third-order valence-corrected chi connectivity index (χ3v) is 5.72. The molecule has 0 atom stereocenters. The summed E-state index contributed by atoms with van der Waals surface area (Å²) in [5.74, 6) is 1.79. The number of nitrogens with one attached hydrogen (secondary N) is 2. The highest BCUT2D eigenvalue weighted by atomic mass is 16.5. The molecule has 0 unspecified atom stereocenters. The SMILES string of the molecule is COc1ccc(C2(NC(=O)CCC3CCNCC3)CCCC2)cc1. The van der Waals surface area contributed by atoms with Gasteiger partial charge in [0.05, 0.1) is 12.6 Å². The van der Waals surface area contributed by atoms with E-state index < -0.39 is 0 Å². The van der Waals surface area contributed by atoms with Crippen LogP contribution in [0.1, 0.15) is 56.9 Å². The van der Waals surface area contributed by atoms with E-state index in [1.807, 2.05) is 12.1 Å². The van der Waals surface area contributed by atoms with Gasteiger partial charge in [-0.15, -0.1) is 0 Å². The summed E-state index contributed by atoms with van der Waals surface area (Å²) in [6.07, 6.45) is 8.53. The maximum Gasteiger partial charge on any atom is 0.220 e. The molecule has 2 aliphatic rings. The average Bonchev–Trinajstić information content (AvgIpc) is 3.10. The molecule has 2 N–H and O–H groups in total. The molecular formula is C20H30N2O2. The molecule has 4 nitrogen and oxygen atoms in total. The molecular weight excluding hydrogens is 300 g/mol. The Kier molecular flexibility index (Phi) is 5.77. The molecule has 0 radical (unpaired) electrons. The molecule has 1 heterocycles. The lowest BCUT2D eigenvalue weighted by molar-refractivity contribution is -0.123. The lowest BCUT2D eigenvalue weighted by Crippen LogP contribution is -2.44. The van der Waals surface area contributed by atoms with Crippen LogP contribution < -0.4 is 15.4 Å². The molecule has 1 saturated carbocycles. The molecule has 0 aromatic heterocycles. The van der Waals surface area contributed by atoms with Gasteiger partial charge in [-0.05, 0) is 68.8 Å². The minimum atomic E-state index is -0.169. The van der Waals surface area contributed by atoms with Crippen LogP contribution in [0.4, 0.5) is 0 Å². The third kappa shape index (κ3) is 4.10. The highest BCUT2D eigenvalue weighted by Gasteiger charge is 2.36. The standard InChI is InChI=1S/C20H30N2O2/c1-24-18-7-5-17(6-8-18)20(12-2-3-13-20)22-19(23)9-4-16-10-14-21-15-11-16/h5-8,16,21H,2-4,9-15H2,1H3,(H,22,23). The first-order valence-electron chi connectivity index (χ1n) is 9.38. The quantitative estimate of drug-likeness (QED) is 0.841. The van der Waals surface area contributed by atoms with E-state index in [4.69, 9.17) is 4.74 Å². The first-order chi connectivity index (χ1) is 11.7. The van der Waals surface area contributed by atoms with Crippen LogP contribution in [0, 0.1) is 5.92 Å². The molecule has 1 saturated heterocycles. The predicted molar refractivity (Wildman–Crippen MR) is 96.1 cm³/mol. The van der Waals surface area contributed by atoms with Gasteiger partial charge in [-0.1, -0.05) is 25.0 Å². The summed E-state index contributed by atoms with van der Waals surface area (Å²) in [6, 6.07) is 8.21. The number of ether oxygens (including phenoxy) is 1. The zero-order valence-electron chi connectivity index (χ0n) is 14.8. The Hall–Kier alpha value is -1.55. The summed E-state index contributed by atoms with van der Waals surface area (Å²) in [4.78, 5) is 12.6. The Bertz CT molecular complexity index is 529. The topological polar surface area (TPSA) is 50.4 Å². The van der Waals surface area contributed by atoms with E-state index in [-0.39, 0.29) is 11.4 Å². The van der Waals surface area contributed by atoms with Gasteiger partial charge in [0.25, 0.3) is 0 Å². The summed E-state index contributed by atoms with van der Waals surface area (Å²) in [5, 5.41) is 6.78. The van der Waals surface area contributed by atoms with Gasteiger partial charge in [0.2, 0.25) is 5.91 Å². The minimum Gasteiger partial charge on any atom is -0.497 e. The molecule has 24 heavy (non-hydrogen) atoms. The first-order valence-corrected chi connectivity index (χ1v) is 9.38. The fourth-order valence-electron chi connectivity index (χ4n) is 4.21. The third-order valence-electron chi connectivity index (χ3n) is 5.72. The molecule has 1 aromatic carbocycles. The molecule has 4 heteroatoms. The Labute approximate surface area is 145 Å². The van der Waals surface area contributed by atoms with Crippen LogP contribution >= 0.6 is 0 Å². The van der Waals surface area contributed by atoms with Crippen molar-refractivity contribution in [3.63, 3.8) is 0 Å². The summed E-state index contributed by atoms with van der Waals surface area (Å²) in [6.45, 7) is 2.20. The molecule has 1 amide bonds. The number of carbonyl (C=O) groups is 1. The van der Waals surface area contributed by atoms with Crippen molar-refractivity contribution in [3.05, 3.63) is 29.8 Å². The molecule has 0 bridgehead atoms. The van der Waals surface area contributed by atoms with E-state index in [1.54, 1.807) is 7.11 Å². The fraction of sp³-hybridized carbons (Fsp3) is 0.650. The summed E-state index contributed by atoms with van der Waals surface area (Å²) < 4.78 is 5.26. The van der Waals surface area contributed by atoms with Crippen LogP contribution in [0.25, 0.3) is 0 Å². The Balaban J connectivity index is 1.61. The van der Waals surface area contributed by atoms with Gasteiger partial charge < -0.3 is 15.4 Å². The number of piperidine rings is 1. The maximum absolute atomic E-state index is 12.6. The molecule has 2 fully saturated rings. The second-order valence-electron chi connectivity index (χ2n) is 7.30. The number of amides is 1. The van der Waals surface area contributed by atoms with Gasteiger partial charge >= 0.3 is 0 Å². The maximum atomic E-state index is 12.6. The van der Waals surface area contributed by atoms with Crippen molar-refractivity contribution in [2.75, 3.05) is 20.2 Å². The lowest BCUT2D eigenvalue weighted by Gasteiger charge is -2.32. The van der Waals surface area contributed by atoms with Crippen LogP contribution in [0.5, 0.6) is 5.75 Å². The zero-order valence-corrected chi connectivity index (χ0v) is 14.8. The van der Waals surface area contributed by atoms with Crippen molar-refractivity contribution < 1.29 is 9.53 Å². The molecule has 1 aromatic rings. The van der Waals surface area contributed by atoms with Crippen molar-refractivity contribution >= 4 is 5.91 Å². The number of benzene rings is 1. The molecule has 132 valence electrons. The van der Waals surface area contributed by atoms with E-state index in [0.29, 0.717) is 12.3 Å². The highest BCUT2D eigenvalue weighted by molar-refractivity contribution is 5.77. The van der Waals surface area contributed by atoms with Crippen molar-refractivity contribution in [2.45, 2.75) is 56.9 Å². The van der Waals surface area contributed by atoms with Gasteiger partial charge in [0, 0.05) is 6.42 Å². The normalized spacial score (nSPS) is 20.7. The van der Waals surface area contributed by atoms with Crippen molar-refractivity contribution in [2.24, 2.45) is 5.92 Å². The van der Waals surface area contributed by atoms with Crippen LogP contribution in [-0.2, 0) is 10.3 Å². The van der Waals surface area contributed by atoms with Gasteiger partial charge in [-0.2, -0.15) is 0 Å². The Morgan fingerprint density at radius 3 is 2.50 bits per heavy atom. The smallest absolute Gasteiger partial charge is 0.220 e. The van der Waals surface area contributed by atoms with Crippen LogP contribution in [-0.4, -0.2) is 26.1 Å². The first kappa shape index (κ1) is 17.3. The number of hydrogen-bond acceptors (Lipinski definition) is 3. The number of hydrogen-bond donors (Lipinski definition) is 2. The highest BCUT2D eigenvalue weighted by Crippen LogP contribution is 2.39. The van der Waals surface area contributed by atoms with Crippen LogP contribution in [0.2, 0.25) is 0 Å². The second-order valence-corrected chi connectivity index (χ2v) is 7.30. The molecule has 1 aliphatic carbocycles. The summed E-state index contributed by atoms with van der Waals surface area (Å²) in [7, 11) is 1.68. The van der Waals surface area contributed by atoms with Crippen LogP contribution in [0.15, 0.2) is 24.3 Å². The zero-order chi connectivity index (χ0) is 16.8. The Morgan fingerprint density at radius 1 is 1.21 bits per heavy atom. The molecule has 3 rings (SSSR count). The molecule has 1 aliphatic heterocycles. The van der Waals surface area contributed by atoms with E-state index in [0.717, 1.165) is 38.1 Å². The largest absolute Gasteiger partial charge is 0.497 e. The van der Waals surface area contributed by atoms with Crippen molar-refractivity contribution in [1.29, 1.82) is 0 Å². The van der Waals surface area contributed by atoms with Gasteiger partial charge in [-0.3, -0.25) is 4.79 Å². The number of carbonyl (C=O) groups excluding carboxylic acids is 1. The van der Waals surface area contributed by atoms with E-state index in [1.165, 1.54) is 31.2 Å². The Morgan fingerprint density at radius 2 is 1.88 bits per heavy atom. The average molecular weight is 330 g/mol. The monoisotopic (exact) mass is 330 g/mol. The van der Waals surface area contributed by atoms with E-state index in [9.17, 15) is 4.79 Å². The van der Waals surface area contributed by atoms with Crippen molar-refractivity contribution in [1.82, 2.24) is 10.6 Å². The predicted octanol–water partition coefficient (Wildman–Crippen LogP) is 3.36. The second kappa shape index (κ2) is 8.02. The summed E-state index contributed by atoms with van der Waals surface area (Å²) in [5.41, 5.74) is 1.05. The fourth-order valence-corrected chi connectivity index (χ4v) is 4.21. The summed E-state index contributed by atoms with van der Waals surface area (Å²) >= 11 is 0. The van der Waals surface area contributed by atoms with Gasteiger partial charge in [0.1, 0.15) is 5.75 Å². The van der Waals surface area contributed by atoms with E-state index in [2.05, 4.69) is 22.8 Å².